The quantitative estimate of drug-likeness (QED) is 0.591. The van der Waals surface area contributed by atoms with Crippen LogP contribution in [0.5, 0.6) is 0 Å². The number of pyridine rings is 1. The van der Waals surface area contributed by atoms with Crippen molar-refractivity contribution in [3.63, 3.8) is 0 Å². The SMILES string of the molecule is CC(C)n1[nH]c(=O)c2c(-c3cccs3)c3c(nc21)[nH]c(=O)n3C. The van der Waals surface area contributed by atoms with E-state index in [1.54, 1.807) is 11.7 Å². The summed E-state index contributed by atoms with van der Waals surface area (Å²) in [5.41, 5.74) is 2.01. The summed E-state index contributed by atoms with van der Waals surface area (Å²) in [5, 5.41) is 5.32. The fourth-order valence-corrected chi connectivity index (χ4v) is 3.68. The number of nitrogens with zero attached hydrogens (tertiary/aromatic N) is 3. The molecule has 23 heavy (non-hydrogen) atoms. The Labute approximate surface area is 134 Å². The zero-order chi connectivity index (χ0) is 16.3. The minimum absolute atomic E-state index is 0.0526. The van der Waals surface area contributed by atoms with Crippen LogP contribution in [0.25, 0.3) is 32.6 Å². The predicted molar refractivity (Wildman–Crippen MR) is 91.1 cm³/mol. The number of aromatic nitrogens is 5. The predicted octanol–water partition coefficient (Wildman–Crippen LogP) is 2.21. The van der Waals surface area contributed by atoms with Crippen molar-refractivity contribution < 1.29 is 0 Å². The summed E-state index contributed by atoms with van der Waals surface area (Å²) in [4.78, 5) is 32.8. The van der Waals surface area contributed by atoms with Gasteiger partial charge in [-0.2, -0.15) is 0 Å². The second kappa shape index (κ2) is 4.69. The molecule has 0 fully saturated rings. The first-order valence-electron chi connectivity index (χ1n) is 7.26. The molecule has 0 aliphatic carbocycles. The van der Waals surface area contributed by atoms with Crippen molar-refractivity contribution in [2.24, 2.45) is 7.05 Å². The van der Waals surface area contributed by atoms with E-state index in [1.165, 1.54) is 15.9 Å². The second-order valence-corrected chi connectivity index (χ2v) is 6.70. The molecule has 7 nitrogen and oxygen atoms in total. The number of imidazole rings is 1. The van der Waals surface area contributed by atoms with Gasteiger partial charge in [-0.05, 0) is 25.3 Å². The van der Waals surface area contributed by atoms with Gasteiger partial charge in [0.1, 0.15) is 0 Å². The van der Waals surface area contributed by atoms with Crippen LogP contribution >= 0.6 is 11.3 Å². The molecule has 0 aliphatic heterocycles. The molecule has 0 aliphatic rings. The molecule has 0 unspecified atom stereocenters. The topological polar surface area (TPSA) is 88.5 Å². The average Bonchev–Trinajstić information content (AvgIpc) is 3.19. The van der Waals surface area contributed by atoms with Crippen LogP contribution in [0.2, 0.25) is 0 Å². The van der Waals surface area contributed by atoms with Gasteiger partial charge in [-0.25, -0.2) is 9.78 Å². The van der Waals surface area contributed by atoms with Crippen molar-refractivity contribution in [1.29, 1.82) is 0 Å². The van der Waals surface area contributed by atoms with Gasteiger partial charge in [-0.15, -0.1) is 11.3 Å². The van der Waals surface area contributed by atoms with Crippen LogP contribution in [-0.2, 0) is 7.05 Å². The van der Waals surface area contributed by atoms with Gasteiger partial charge in [0.05, 0.1) is 10.9 Å². The van der Waals surface area contributed by atoms with E-state index in [2.05, 4.69) is 15.1 Å². The maximum atomic E-state index is 12.6. The molecule has 4 aromatic rings. The smallest absolute Gasteiger partial charge is 0.293 e. The van der Waals surface area contributed by atoms with Gasteiger partial charge >= 0.3 is 5.69 Å². The normalized spacial score (nSPS) is 12.0. The monoisotopic (exact) mass is 329 g/mol. The van der Waals surface area contributed by atoms with Crippen molar-refractivity contribution in [3.05, 3.63) is 38.4 Å². The largest absolute Gasteiger partial charge is 0.327 e. The van der Waals surface area contributed by atoms with Gasteiger partial charge in [-0.1, -0.05) is 6.07 Å². The van der Waals surface area contributed by atoms with Crippen LogP contribution in [-0.4, -0.2) is 24.3 Å². The molecule has 0 saturated heterocycles. The Bertz CT molecular complexity index is 1140. The molecule has 4 heterocycles. The molecular formula is C15H15N5O2S. The minimum Gasteiger partial charge on any atom is -0.293 e. The van der Waals surface area contributed by atoms with E-state index in [-0.39, 0.29) is 17.3 Å². The third-order valence-corrected chi connectivity index (χ3v) is 4.87. The van der Waals surface area contributed by atoms with Crippen LogP contribution in [0.3, 0.4) is 0 Å². The highest BCUT2D eigenvalue weighted by Gasteiger charge is 2.22. The average molecular weight is 329 g/mol. The Morgan fingerprint density at radius 3 is 2.74 bits per heavy atom. The Hall–Kier alpha value is -2.61. The van der Waals surface area contributed by atoms with E-state index in [0.29, 0.717) is 22.2 Å². The summed E-state index contributed by atoms with van der Waals surface area (Å²) in [7, 11) is 1.68. The van der Waals surface area contributed by atoms with Crippen molar-refractivity contribution in [1.82, 2.24) is 24.3 Å². The van der Waals surface area contributed by atoms with Gasteiger partial charge in [0.25, 0.3) is 5.56 Å². The number of fused-ring (bicyclic) bond motifs is 2. The first-order chi connectivity index (χ1) is 11.0. The number of H-pyrrole nitrogens is 2. The molecule has 0 radical (unpaired) electrons. The van der Waals surface area contributed by atoms with Crippen LogP contribution in [0.15, 0.2) is 27.1 Å². The van der Waals surface area contributed by atoms with Crippen LogP contribution in [0.4, 0.5) is 0 Å². The summed E-state index contributed by atoms with van der Waals surface area (Å²) in [6.45, 7) is 3.94. The number of aromatic amines is 2. The standard InChI is InChI=1S/C15H15N5O2S/c1-7(2)20-13-10(14(21)18-20)9(8-5-4-6-23-8)11-12(16-13)17-15(22)19(11)3/h4-7H,1-3H3,(H,18,21)(H,16,17,22). The maximum absolute atomic E-state index is 12.6. The maximum Gasteiger partial charge on any atom is 0.327 e. The molecule has 8 heteroatoms. The van der Waals surface area contributed by atoms with Crippen molar-refractivity contribution in [2.75, 3.05) is 0 Å². The molecule has 0 saturated carbocycles. The van der Waals surface area contributed by atoms with E-state index in [1.807, 2.05) is 31.4 Å². The molecule has 0 spiro atoms. The molecule has 4 rings (SSSR count). The number of rotatable bonds is 2. The Morgan fingerprint density at radius 1 is 1.30 bits per heavy atom. The first-order valence-corrected chi connectivity index (χ1v) is 8.13. The zero-order valence-electron chi connectivity index (χ0n) is 12.9. The summed E-state index contributed by atoms with van der Waals surface area (Å²) in [6.07, 6.45) is 0. The lowest BCUT2D eigenvalue weighted by Crippen LogP contribution is -2.12. The number of hydrogen-bond donors (Lipinski definition) is 2. The number of thiophene rings is 1. The second-order valence-electron chi connectivity index (χ2n) is 5.75. The lowest BCUT2D eigenvalue weighted by Gasteiger charge is -2.09. The molecular weight excluding hydrogens is 314 g/mol. The Kier molecular flexibility index (Phi) is 2.86. The van der Waals surface area contributed by atoms with E-state index in [9.17, 15) is 9.59 Å². The van der Waals surface area contributed by atoms with Crippen LogP contribution in [0.1, 0.15) is 19.9 Å². The first kappa shape index (κ1) is 14.0. The van der Waals surface area contributed by atoms with Crippen LogP contribution < -0.4 is 11.2 Å². The van der Waals surface area contributed by atoms with E-state index in [0.717, 1.165) is 10.4 Å². The number of nitrogens with one attached hydrogen (secondary N) is 2. The summed E-state index contributed by atoms with van der Waals surface area (Å²) in [5.74, 6) is 0. The van der Waals surface area contributed by atoms with Gasteiger partial charge < -0.3 is 0 Å². The summed E-state index contributed by atoms with van der Waals surface area (Å²) in [6, 6.07) is 3.93. The third-order valence-electron chi connectivity index (χ3n) is 3.98. The lowest BCUT2D eigenvalue weighted by molar-refractivity contribution is 0.542. The Morgan fingerprint density at radius 2 is 2.09 bits per heavy atom. The van der Waals surface area contributed by atoms with E-state index in [4.69, 9.17) is 0 Å². The summed E-state index contributed by atoms with van der Waals surface area (Å²) < 4.78 is 3.24. The van der Waals surface area contributed by atoms with E-state index < -0.39 is 0 Å². The van der Waals surface area contributed by atoms with Crippen molar-refractivity contribution >= 4 is 33.5 Å². The molecule has 0 aromatic carbocycles. The van der Waals surface area contributed by atoms with E-state index >= 15 is 0 Å². The highest BCUT2D eigenvalue weighted by Crippen LogP contribution is 2.35. The zero-order valence-corrected chi connectivity index (χ0v) is 13.7. The number of aryl methyl sites for hydroxylation is 1. The molecule has 4 aromatic heterocycles. The lowest BCUT2D eigenvalue weighted by atomic mass is 10.1. The van der Waals surface area contributed by atoms with Crippen LogP contribution in [0, 0.1) is 0 Å². The molecule has 118 valence electrons. The molecule has 0 amide bonds. The van der Waals surface area contributed by atoms with Gasteiger partial charge in [0.2, 0.25) is 0 Å². The van der Waals surface area contributed by atoms with Gasteiger partial charge in [0.15, 0.2) is 11.3 Å². The van der Waals surface area contributed by atoms with Gasteiger partial charge in [-0.3, -0.25) is 24.1 Å². The highest BCUT2D eigenvalue weighted by molar-refractivity contribution is 7.13. The van der Waals surface area contributed by atoms with Gasteiger partial charge in [0, 0.05) is 23.5 Å². The third kappa shape index (κ3) is 1.84. The fraction of sp³-hybridized carbons (Fsp3) is 0.267. The summed E-state index contributed by atoms with van der Waals surface area (Å²) >= 11 is 1.53. The van der Waals surface area contributed by atoms with Crippen molar-refractivity contribution in [2.45, 2.75) is 19.9 Å². The highest BCUT2D eigenvalue weighted by atomic mass is 32.1. The Balaban J connectivity index is 2.33. The van der Waals surface area contributed by atoms with Crippen molar-refractivity contribution in [3.8, 4) is 10.4 Å². The molecule has 0 atom stereocenters. The fourth-order valence-electron chi connectivity index (χ4n) is 2.91. The molecule has 0 bridgehead atoms. The molecule has 2 N–H and O–H groups in total. The minimum atomic E-state index is -0.245. The number of hydrogen-bond acceptors (Lipinski definition) is 4.